The quantitative estimate of drug-likeness (QED) is 0.264. The van der Waals surface area contributed by atoms with E-state index in [9.17, 15) is 9.59 Å². The summed E-state index contributed by atoms with van der Waals surface area (Å²) in [5.41, 5.74) is 0.496. The molecule has 6 heteroatoms. The van der Waals surface area contributed by atoms with Gasteiger partial charge in [0.2, 0.25) is 5.78 Å². The third-order valence-corrected chi connectivity index (χ3v) is 1.87. The van der Waals surface area contributed by atoms with Gasteiger partial charge in [0.05, 0.1) is 6.61 Å². The van der Waals surface area contributed by atoms with Crippen LogP contribution in [0.2, 0.25) is 0 Å². The van der Waals surface area contributed by atoms with E-state index >= 15 is 0 Å². The van der Waals surface area contributed by atoms with Crippen LogP contribution in [0.15, 0.2) is 35.5 Å². The minimum Gasteiger partial charge on any atom is -0.287 e. The monoisotopic (exact) mass is 251 g/mol. The predicted octanol–water partition coefficient (Wildman–Crippen LogP) is 2.35. The summed E-state index contributed by atoms with van der Waals surface area (Å²) in [5.74, 6) is -0.334. The average Bonchev–Trinajstić information content (AvgIpc) is 2.42. The van der Waals surface area contributed by atoms with Crippen LogP contribution in [0.1, 0.15) is 24.2 Å². The number of carbonyl (C=O) groups excluding carboxylic acids is 2. The summed E-state index contributed by atoms with van der Waals surface area (Å²) in [7, 11) is 0. The number of ketones is 1. The third kappa shape index (κ3) is 4.34. The van der Waals surface area contributed by atoms with Gasteiger partial charge in [-0.25, -0.2) is 0 Å². The first kappa shape index (κ1) is 13.9. The number of oxime groups is 1. The molecule has 1 aromatic rings. The van der Waals surface area contributed by atoms with Crippen LogP contribution < -0.4 is 0 Å². The Kier molecular flexibility index (Phi) is 5.53. The van der Waals surface area contributed by atoms with Crippen molar-refractivity contribution in [3.05, 3.63) is 35.9 Å². The first-order valence-corrected chi connectivity index (χ1v) is 5.30. The van der Waals surface area contributed by atoms with E-state index in [1.807, 2.05) is 0 Å². The summed E-state index contributed by atoms with van der Waals surface area (Å²) in [5, 5.41) is 3.37. The van der Waals surface area contributed by atoms with Crippen LogP contribution in [0.25, 0.3) is 0 Å². The molecule has 0 aromatic heterocycles. The van der Waals surface area contributed by atoms with Crippen molar-refractivity contribution in [2.75, 3.05) is 6.61 Å². The molecular weight excluding hydrogens is 238 g/mol. The molecule has 6 nitrogen and oxygen atoms in total. The number of nitrogens with zero attached hydrogens (tertiary/aromatic N) is 1. The van der Waals surface area contributed by atoms with E-state index in [2.05, 4.69) is 19.8 Å². The Morgan fingerprint density at radius 1 is 1.22 bits per heavy atom. The molecule has 0 aliphatic carbocycles. The molecule has 96 valence electrons. The van der Waals surface area contributed by atoms with Crippen LogP contribution in [0.4, 0.5) is 4.79 Å². The highest BCUT2D eigenvalue weighted by atomic mass is 17.2. The fourth-order valence-electron chi connectivity index (χ4n) is 1.07. The SMILES string of the molecule is CCOOC(=O)O/N=C(\C)C(=O)c1ccccc1. The normalized spacial score (nSPS) is 10.9. The molecule has 0 N–H and O–H groups in total. The van der Waals surface area contributed by atoms with Crippen molar-refractivity contribution in [1.82, 2.24) is 0 Å². The van der Waals surface area contributed by atoms with E-state index in [-0.39, 0.29) is 18.1 Å². The van der Waals surface area contributed by atoms with Gasteiger partial charge in [-0.15, -0.1) is 0 Å². The number of hydrogen-bond donors (Lipinski definition) is 0. The number of hydrogen-bond acceptors (Lipinski definition) is 6. The predicted molar refractivity (Wildman–Crippen MR) is 63.1 cm³/mol. The second-order valence-electron chi connectivity index (χ2n) is 3.20. The van der Waals surface area contributed by atoms with Gasteiger partial charge < -0.3 is 0 Å². The van der Waals surface area contributed by atoms with E-state index in [0.29, 0.717) is 5.56 Å². The Morgan fingerprint density at radius 3 is 2.50 bits per heavy atom. The smallest absolute Gasteiger partial charge is 0.287 e. The Bertz CT molecular complexity index is 441. The van der Waals surface area contributed by atoms with Crippen molar-refractivity contribution in [3.63, 3.8) is 0 Å². The highest BCUT2D eigenvalue weighted by Gasteiger charge is 2.11. The molecule has 0 aliphatic rings. The highest BCUT2D eigenvalue weighted by molar-refractivity contribution is 6.45. The molecule has 0 amide bonds. The minimum atomic E-state index is -1.13. The fraction of sp³-hybridized carbons (Fsp3) is 0.250. The summed E-state index contributed by atoms with van der Waals surface area (Å²) in [6.07, 6.45) is -1.13. The van der Waals surface area contributed by atoms with E-state index < -0.39 is 6.16 Å². The van der Waals surface area contributed by atoms with Crippen molar-refractivity contribution in [3.8, 4) is 0 Å². The highest BCUT2D eigenvalue weighted by Crippen LogP contribution is 2.02. The summed E-state index contributed by atoms with van der Waals surface area (Å²) in [4.78, 5) is 35.5. The van der Waals surface area contributed by atoms with Crippen molar-refractivity contribution in [2.24, 2.45) is 5.16 Å². The van der Waals surface area contributed by atoms with Crippen molar-refractivity contribution in [1.29, 1.82) is 0 Å². The van der Waals surface area contributed by atoms with Crippen molar-refractivity contribution < 1.29 is 24.2 Å². The fourth-order valence-corrected chi connectivity index (χ4v) is 1.07. The van der Waals surface area contributed by atoms with E-state index in [1.54, 1.807) is 37.3 Å². The largest absolute Gasteiger partial charge is 0.567 e. The Labute approximate surface area is 104 Å². The second kappa shape index (κ2) is 7.18. The lowest BCUT2D eigenvalue weighted by Gasteiger charge is -2.00. The van der Waals surface area contributed by atoms with Gasteiger partial charge in [0, 0.05) is 5.56 Å². The van der Waals surface area contributed by atoms with Crippen LogP contribution in [0.5, 0.6) is 0 Å². The second-order valence-corrected chi connectivity index (χ2v) is 3.20. The third-order valence-electron chi connectivity index (χ3n) is 1.87. The maximum atomic E-state index is 11.8. The first-order chi connectivity index (χ1) is 8.65. The molecule has 0 bridgehead atoms. The standard InChI is InChI=1S/C12H13NO5/c1-3-16-18-12(15)17-13-9(2)11(14)10-7-5-4-6-8-10/h4-8H,3H2,1-2H3/b13-9+. The van der Waals surface area contributed by atoms with Crippen molar-refractivity contribution >= 4 is 17.7 Å². The first-order valence-electron chi connectivity index (χ1n) is 5.30. The van der Waals surface area contributed by atoms with Gasteiger partial charge in [-0.3, -0.25) is 14.5 Å². The molecule has 18 heavy (non-hydrogen) atoms. The maximum absolute atomic E-state index is 11.8. The van der Waals surface area contributed by atoms with Gasteiger partial charge in [0.15, 0.2) is 0 Å². The average molecular weight is 251 g/mol. The molecule has 0 saturated carbocycles. The zero-order valence-corrected chi connectivity index (χ0v) is 10.1. The zero-order chi connectivity index (χ0) is 13.4. The van der Waals surface area contributed by atoms with Crippen LogP contribution in [-0.2, 0) is 14.6 Å². The lowest BCUT2D eigenvalue weighted by atomic mass is 10.1. The molecule has 1 aromatic carbocycles. The lowest BCUT2D eigenvalue weighted by molar-refractivity contribution is -0.251. The number of Topliss-reactive ketones (excluding diaryl/α,β-unsaturated/α-hetero) is 1. The molecule has 0 atom stereocenters. The summed E-state index contributed by atoms with van der Waals surface area (Å²) >= 11 is 0. The summed E-state index contributed by atoms with van der Waals surface area (Å²) in [6.45, 7) is 3.27. The Balaban J connectivity index is 2.56. The van der Waals surface area contributed by atoms with Crippen LogP contribution in [-0.4, -0.2) is 24.3 Å². The molecule has 0 heterocycles. The maximum Gasteiger partial charge on any atom is 0.567 e. The zero-order valence-electron chi connectivity index (χ0n) is 10.1. The molecule has 0 saturated heterocycles. The van der Waals surface area contributed by atoms with Crippen LogP contribution in [0, 0.1) is 0 Å². The Hall–Kier alpha value is -2.21. The van der Waals surface area contributed by atoms with Crippen LogP contribution in [0.3, 0.4) is 0 Å². The van der Waals surface area contributed by atoms with Crippen LogP contribution >= 0.6 is 0 Å². The summed E-state index contributed by atoms with van der Waals surface area (Å²) in [6, 6.07) is 8.52. The van der Waals surface area contributed by atoms with E-state index in [1.165, 1.54) is 6.92 Å². The lowest BCUT2D eigenvalue weighted by Crippen LogP contribution is -2.13. The van der Waals surface area contributed by atoms with Crippen molar-refractivity contribution in [2.45, 2.75) is 13.8 Å². The van der Waals surface area contributed by atoms with Gasteiger partial charge in [-0.2, -0.15) is 9.68 Å². The van der Waals surface area contributed by atoms with Gasteiger partial charge in [-0.05, 0) is 13.8 Å². The molecule has 0 unspecified atom stereocenters. The minimum absolute atomic E-state index is 0.0367. The number of benzene rings is 1. The Morgan fingerprint density at radius 2 is 1.89 bits per heavy atom. The number of carbonyl (C=O) groups is 2. The van der Waals surface area contributed by atoms with Gasteiger partial charge >= 0.3 is 6.16 Å². The summed E-state index contributed by atoms with van der Waals surface area (Å²) < 4.78 is 0. The van der Waals surface area contributed by atoms with E-state index in [0.717, 1.165) is 0 Å². The molecule has 0 radical (unpaired) electrons. The molecule has 0 fully saturated rings. The number of rotatable bonds is 5. The molecule has 0 aliphatic heterocycles. The molecular formula is C12H13NO5. The molecule has 0 spiro atoms. The van der Waals surface area contributed by atoms with Gasteiger partial charge in [0.1, 0.15) is 5.71 Å². The van der Waals surface area contributed by atoms with Gasteiger partial charge in [0.25, 0.3) is 0 Å². The van der Waals surface area contributed by atoms with Gasteiger partial charge in [-0.1, -0.05) is 35.5 Å². The molecule has 1 rings (SSSR count). The van der Waals surface area contributed by atoms with E-state index in [4.69, 9.17) is 0 Å². The topological polar surface area (TPSA) is 74.2 Å².